The van der Waals surface area contributed by atoms with Gasteiger partial charge in [-0.15, -0.1) is 0 Å². The fraction of sp³-hybridized carbons (Fsp3) is 0.786. The summed E-state index contributed by atoms with van der Waals surface area (Å²) in [5, 5.41) is 3.53. The number of nitrogens with zero attached hydrogens (tertiary/aromatic N) is 1. The van der Waals surface area contributed by atoms with E-state index < -0.39 is 5.60 Å². The summed E-state index contributed by atoms with van der Waals surface area (Å²) >= 11 is 5.80. The minimum atomic E-state index is -0.436. The largest absolute Gasteiger partial charge is 0.444 e. The number of ether oxygens (including phenoxy) is 1. The molecule has 0 saturated carbocycles. The lowest BCUT2D eigenvalue weighted by Crippen LogP contribution is -2.40. The SMILES string of the molecule is C=C(Cl)CN1CCC(CNC(=O)OC(C)(C)C)CC1. The van der Waals surface area contributed by atoms with E-state index in [4.69, 9.17) is 16.3 Å². The highest BCUT2D eigenvalue weighted by atomic mass is 35.5. The first-order chi connectivity index (χ1) is 8.76. The number of carbonyl (C=O) groups is 1. The molecule has 1 aliphatic heterocycles. The van der Waals surface area contributed by atoms with E-state index in [0.717, 1.165) is 32.5 Å². The zero-order valence-electron chi connectivity index (χ0n) is 12.2. The Kier molecular flexibility index (Phi) is 6.14. The molecule has 1 fully saturated rings. The number of piperidine rings is 1. The number of likely N-dealkylation sites (tertiary alicyclic amines) is 1. The predicted molar refractivity (Wildman–Crippen MR) is 78.4 cm³/mol. The van der Waals surface area contributed by atoms with E-state index in [0.29, 0.717) is 17.5 Å². The summed E-state index contributed by atoms with van der Waals surface area (Å²) in [7, 11) is 0. The van der Waals surface area contributed by atoms with Crippen LogP contribution in [0.3, 0.4) is 0 Å². The van der Waals surface area contributed by atoms with E-state index in [-0.39, 0.29) is 6.09 Å². The van der Waals surface area contributed by atoms with Gasteiger partial charge in [0.2, 0.25) is 0 Å². The molecule has 1 rings (SSSR count). The fourth-order valence-electron chi connectivity index (χ4n) is 2.13. The average Bonchev–Trinajstić information content (AvgIpc) is 2.25. The predicted octanol–water partition coefficient (Wildman–Crippen LogP) is 2.98. The van der Waals surface area contributed by atoms with Crippen molar-refractivity contribution in [3.8, 4) is 0 Å². The monoisotopic (exact) mass is 288 g/mol. The molecule has 110 valence electrons. The lowest BCUT2D eigenvalue weighted by atomic mass is 9.97. The molecule has 0 aliphatic carbocycles. The van der Waals surface area contributed by atoms with Crippen molar-refractivity contribution < 1.29 is 9.53 Å². The van der Waals surface area contributed by atoms with Crippen LogP contribution in [-0.4, -0.2) is 42.8 Å². The molecule has 0 aromatic heterocycles. The summed E-state index contributed by atoms with van der Waals surface area (Å²) in [6.07, 6.45) is 1.81. The van der Waals surface area contributed by atoms with Crippen molar-refractivity contribution in [2.45, 2.75) is 39.2 Å². The van der Waals surface area contributed by atoms with Gasteiger partial charge in [0, 0.05) is 18.1 Å². The highest BCUT2D eigenvalue weighted by Gasteiger charge is 2.21. The topological polar surface area (TPSA) is 41.6 Å². The number of carbonyl (C=O) groups excluding carboxylic acids is 1. The van der Waals surface area contributed by atoms with E-state index >= 15 is 0 Å². The molecule has 1 heterocycles. The van der Waals surface area contributed by atoms with Crippen molar-refractivity contribution >= 4 is 17.7 Å². The maximum atomic E-state index is 11.5. The second kappa shape index (κ2) is 7.15. The van der Waals surface area contributed by atoms with Crippen LogP contribution in [0.25, 0.3) is 0 Å². The number of rotatable bonds is 4. The normalized spacial score (nSPS) is 18.1. The first-order valence-electron chi connectivity index (χ1n) is 6.79. The molecule has 1 saturated heterocycles. The van der Waals surface area contributed by atoms with Crippen molar-refractivity contribution in [2.75, 3.05) is 26.2 Å². The molecule has 1 N–H and O–H groups in total. The number of hydrogen-bond acceptors (Lipinski definition) is 3. The van der Waals surface area contributed by atoms with Crippen LogP contribution in [0.1, 0.15) is 33.6 Å². The molecule has 0 bridgehead atoms. The lowest BCUT2D eigenvalue weighted by Gasteiger charge is -2.31. The van der Waals surface area contributed by atoms with E-state index in [1.807, 2.05) is 20.8 Å². The van der Waals surface area contributed by atoms with E-state index in [1.54, 1.807) is 0 Å². The van der Waals surface area contributed by atoms with Gasteiger partial charge < -0.3 is 10.1 Å². The lowest BCUT2D eigenvalue weighted by molar-refractivity contribution is 0.0510. The van der Waals surface area contributed by atoms with Crippen LogP contribution in [0.4, 0.5) is 4.79 Å². The molecular formula is C14H25ClN2O2. The van der Waals surface area contributed by atoms with Gasteiger partial charge in [-0.2, -0.15) is 0 Å². The summed E-state index contributed by atoms with van der Waals surface area (Å²) in [6, 6.07) is 0. The van der Waals surface area contributed by atoms with E-state index in [9.17, 15) is 4.79 Å². The molecule has 0 atom stereocenters. The Labute approximate surface area is 121 Å². The summed E-state index contributed by atoms with van der Waals surface area (Å²) < 4.78 is 5.21. The third kappa shape index (κ3) is 7.43. The quantitative estimate of drug-likeness (QED) is 0.865. The van der Waals surface area contributed by atoms with Gasteiger partial charge in [0.25, 0.3) is 0 Å². The maximum Gasteiger partial charge on any atom is 0.407 e. The standard InChI is InChI=1S/C14H25ClN2O2/c1-11(15)10-17-7-5-12(6-8-17)9-16-13(18)19-14(2,3)4/h12H,1,5-10H2,2-4H3,(H,16,18). The van der Waals surface area contributed by atoms with Gasteiger partial charge in [0.1, 0.15) is 5.60 Å². The molecule has 19 heavy (non-hydrogen) atoms. The van der Waals surface area contributed by atoms with Crippen LogP contribution in [0.2, 0.25) is 0 Å². The molecule has 0 spiro atoms. The Balaban J connectivity index is 2.19. The first-order valence-corrected chi connectivity index (χ1v) is 7.16. The highest BCUT2D eigenvalue weighted by molar-refractivity contribution is 6.29. The van der Waals surface area contributed by atoms with Gasteiger partial charge in [-0.1, -0.05) is 18.2 Å². The number of amides is 1. The van der Waals surface area contributed by atoms with Gasteiger partial charge >= 0.3 is 6.09 Å². The Bertz CT molecular complexity index is 318. The first kappa shape index (κ1) is 16.3. The Morgan fingerprint density at radius 2 is 2.00 bits per heavy atom. The minimum absolute atomic E-state index is 0.330. The summed E-state index contributed by atoms with van der Waals surface area (Å²) in [5.41, 5.74) is -0.436. The minimum Gasteiger partial charge on any atom is -0.444 e. The van der Waals surface area contributed by atoms with Gasteiger partial charge in [-0.3, -0.25) is 4.90 Å². The molecule has 1 aliphatic rings. The fourth-order valence-corrected chi connectivity index (χ4v) is 2.30. The van der Waals surface area contributed by atoms with E-state index in [1.165, 1.54) is 0 Å². The van der Waals surface area contributed by atoms with Crippen LogP contribution in [0.5, 0.6) is 0 Å². The average molecular weight is 289 g/mol. The number of halogens is 1. The number of nitrogens with one attached hydrogen (secondary N) is 1. The van der Waals surface area contributed by atoms with Gasteiger partial charge in [-0.05, 0) is 52.6 Å². The molecule has 5 heteroatoms. The molecule has 1 amide bonds. The van der Waals surface area contributed by atoms with Gasteiger partial charge in [0.15, 0.2) is 0 Å². The zero-order chi connectivity index (χ0) is 14.5. The highest BCUT2D eigenvalue weighted by Crippen LogP contribution is 2.18. The molecular weight excluding hydrogens is 264 g/mol. The van der Waals surface area contributed by atoms with Gasteiger partial charge in [-0.25, -0.2) is 4.79 Å². The third-order valence-electron chi connectivity index (χ3n) is 3.04. The Hall–Kier alpha value is -0.740. The van der Waals surface area contributed by atoms with Crippen LogP contribution in [0, 0.1) is 5.92 Å². The molecule has 0 unspecified atom stereocenters. The molecule has 0 aromatic carbocycles. The second-order valence-electron chi connectivity index (χ2n) is 6.12. The van der Waals surface area contributed by atoms with E-state index in [2.05, 4.69) is 16.8 Å². The van der Waals surface area contributed by atoms with Crippen molar-refractivity contribution in [3.05, 3.63) is 11.6 Å². The number of hydrogen-bond donors (Lipinski definition) is 1. The van der Waals surface area contributed by atoms with Gasteiger partial charge in [0.05, 0.1) is 0 Å². The second-order valence-corrected chi connectivity index (χ2v) is 6.65. The smallest absolute Gasteiger partial charge is 0.407 e. The molecule has 0 aromatic rings. The summed E-state index contributed by atoms with van der Waals surface area (Å²) in [4.78, 5) is 13.8. The number of alkyl carbamates (subject to hydrolysis) is 1. The van der Waals surface area contributed by atoms with Crippen LogP contribution >= 0.6 is 11.6 Å². The third-order valence-corrected chi connectivity index (χ3v) is 3.16. The zero-order valence-corrected chi connectivity index (χ0v) is 12.9. The summed E-state index contributed by atoms with van der Waals surface area (Å²) in [5.74, 6) is 0.521. The van der Waals surface area contributed by atoms with Crippen LogP contribution in [-0.2, 0) is 4.74 Å². The van der Waals surface area contributed by atoms with Crippen LogP contribution < -0.4 is 5.32 Å². The Morgan fingerprint density at radius 3 is 2.47 bits per heavy atom. The Morgan fingerprint density at radius 1 is 1.42 bits per heavy atom. The molecule has 4 nitrogen and oxygen atoms in total. The van der Waals surface area contributed by atoms with Crippen molar-refractivity contribution in [2.24, 2.45) is 5.92 Å². The van der Waals surface area contributed by atoms with Crippen LogP contribution in [0.15, 0.2) is 11.6 Å². The van der Waals surface area contributed by atoms with Crippen molar-refractivity contribution in [1.29, 1.82) is 0 Å². The maximum absolute atomic E-state index is 11.5. The summed E-state index contributed by atoms with van der Waals surface area (Å²) in [6.45, 7) is 12.8. The van der Waals surface area contributed by atoms with Crippen molar-refractivity contribution in [1.82, 2.24) is 10.2 Å². The molecule has 0 radical (unpaired) electrons. The van der Waals surface area contributed by atoms with Crippen molar-refractivity contribution in [3.63, 3.8) is 0 Å².